The van der Waals surface area contributed by atoms with E-state index in [9.17, 15) is 9.59 Å². The van der Waals surface area contributed by atoms with E-state index in [0.717, 1.165) is 43.2 Å². The summed E-state index contributed by atoms with van der Waals surface area (Å²) in [4.78, 5) is 32.8. The van der Waals surface area contributed by atoms with Crippen LogP contribution in [-0.4, -0.2) is 41.7 Å². The highest BCUT2D eigenvalue weighted by Gasteiger charge is 2.48. The number of anilines is 1. The third-order valence-corrected chi connectivity index (χ3v) is 6.28. The molecule has 0 bridgehead atoms. The molecule has 162 valence electrons. The summed E-state index contributed by atoms with van der Waals surface area (Å²) in [7, 11) is 1.54. The van der Waals surface area contributed by atoms with E-state index in [1.807, 2.05) is 31.2 Å². The van der Waals surface area contributed by atoms with Crippen LogP contribution in [0.5, 0.6) is 5.75 Å². The lowest BCUT2D eigenvalue weighted by molar-refractivity contribution is -0.134. The molecule has 2 aliphatic rings. The van der Waals surface area contributed by atoms with Gasteiger partial charge in [0.05, 0.1) is 12.1 Å². The number of rotatable bonds is 5. The van der Waals surface area contributed by atoms with Crippen LogP contribution in [0.1, 0.15) is 43.2 Å². The molecule has 2 aromatic rings. The zero-order valence-electron chi connectivity index (χ0n) is 17.8. The number of carbonyl (C=O) groups is 2. The molecule has 1 N–H and O–H groups in total. The SMILES string of the molecule is COc1ccc(NC(=O)CN2C(=O)C(c3ccc(C)cc3)=NC23CCCCC3)cc1Cl. The molecule has 2 amide bonds. The molecule has 1 fully saturated rings. The normalized spacial score (nSPS) is 17.6. The van der Waals surface area contributed by atoms with Crippen molar-refractivity contribution in [1.82, 2.24) is 4.90 Å². The Morgan fingerprint density at radius 1 is 1.16 bits per heavy atom. The molecule has 1 aliphatic heterocycles. The Kier molecular flexibility index (Phi) is 6.01. The standard InChI is InChI=1S/C24H26ClN3O3/c1-16-6-8-17(9-7-16)22-23(30)28(24(27-22)12-4-3-5-13-24)15-21(29)26-18-10-11-20(31-2)19(25)14-18/h6-11,14H,3-5,12-13,15H2,1-2H3,(H,26,29). The van der Waals surface area contributed by atoms with Gasteiger partial charge in [0, 0.05) is 11.3 Å². The Labute approximate surface area is 187 Å². The van der Waals surface area contributed by atoms with E-state index >= 15 is 0 Å². The number of amides is 2. The number of aryl methyl sites for hydroxylation is 1. The molecular formula is C24H26ClN3O3. The Hall–Kier alpha value is -2.86. The van der Waals surface area contributed by atoms with Crippen LogP contribution in [0.3, 0.4) is 0 Å². The zero-order valence-corrected chi connectivity index (χ0v) is 18.5. The first-order valence-electron chi connectivity index (χ1n) is 10.5. The van der Waals surface area contributed by atoms with Gasteiger partial charge in [-0.05, 0) is 50.8 Å². The average Bonchev–Trinajstić information content (AvgIpc) is 3.01. The number of benzene rings is 2. The van der Waals surface area contributed by atoms with Crippen LogP contribution in [0.2, 0.25) is 5.02 Å². The van der Waals surface area contributed by atoms with Gasteiger partial charge in [-0.2, -0.15) is 0 Å². The highest BCUT2D eigenvalue weighted by molar-refractivity contribution is 6.47. The van der Waals surface area contributed by atoms with E-state index < -0.39 is 5.66 Å². The van der Waals surface area contributed by atoms with E-state index in [1.165, 1.54) is 7.11 Å². The molecule has 1 heterocycles. The Morgan fingerprint density at radius 2 is 1.87 bits per heavy atom. The summed E-state index contributed by atoms with van der Waals surface area (Å²) in [6.45, 7) is 1.95. The minimum absolute atomic E-state index is 0.0542. The van der Waals surface area contributed by atoms with Gasteiger partial charge in [-0.1, -0.05) is 47.9 Å². The zero-order chi connectivity index (χ0) is 22.0. The molecule has 0 unspecified atom stereocenters. The van der Waals surface area contributed by atoms with Crippen LogP contribution < -0.4 is 10.1 Å². The van der Waals surface area contributed by atoms with E-state index in [-0.39, 0.29) is 18.4 Å². The number of nitrogens with zero attached hydrogens (tertiary/aromatic N) is 2. The van der Waals surface area contributed by atoms with Crippen molar-refractivity contribution in [2.24, 2.45) is 4.99 Å². The number of methoxy groups -OCH3 is 1. The summed E-state index contributed by atoms with van der Waals surface area (Å²) >= 11 is 6.16. The van der Waals surface area contributed by atoms with Crippen molar-refractivity contribution >= 4 is 34.8 Å². The molecule has 0 atom stereocenters. The smallest absolute Gasteiger partial charge is 0.275 e. The van der Waals surface area contributed by atoms with Crippen molar-refractivity contribution in [1.29, 1.82) is 0 Å². The van der Waals surface area contributed by atoms with Gasteiger partial charge in [-0.15, -0.1) is 0 Å². The molecule has 2 aromatic carbocycles. The predicted octanol–water partition coefficient (Wildman–Crippen LogP) is 4.59. The monoisotopic (exact) mass is 439 g/mol. The number of halogens is 1. The molecule has 7 heteroatoms. The van der Waals surface area contributed by atoms with Gasteiger partial charge >= 0.3 is 0 Å². The second kappa shape index (κ2) is 8.71. The first-order chi connectivity index (χ1) is 14.9. The van der Waals surface area contributed by atoms with Crippen molar-refractivity contribution in [3.05, 3.63) is 58.6 Å². The fourth-order valence-electron chi connectivity index (χ4n) is 4.34. The van der Waals surface area contributed by atoms with Gasteiger partial charge in [0.15, 0.2) is 0 Å². The largest absolute Gasteiger partial charge is 0.495 e. The number of nitrogens with one attached hydrogen (secondary N) is 1. The lowest BCUT2D eigenvalue weighted by atomic mass is 9.88. The maximum atomic E-state index is 13.4. The molecule has 0 aromatic heterocycles. The van der Waals surface area contributed by atoms with Crippen LogP contribution in [-0.2, 0) is 9.59 Å². The minimum atomic E-state index is -0.634. The molecule has 1 saturated carbocycles. The van der Waals surface area contributed by atoms with Crippen LogP contribution in [0, 0.1) is 6.92 Å². The first kappa shape index (κ1) is 21.4. The van der Waals surface area contributed by atoms with Crippen LogP contribution in [0.15, 0.2) is 47.5 Å². The Bertz CT molecular complexity index is 1030. The second-order valence-corrected chi connectivity index (χ2v) is 8.57. The van der Waals surface area contributed by atoms with E-state index in [0.29, 0.717) is 22.2 Å². The highest BCUT2D eigenvalue weighted by atomic mass is 35.5. The first-order valence-corrected chi connectivity index (χ1v) is 10.9. The molecule has 4 rings (SSSR count). The average molecular weight is 440 g/mol. The second-order valence-electron chi connectivity index (χ2n) is 8.16. The summed E-state index contributed by atoms with van der Waals surface area (Å²) in [6.07, 6.45) is 4.65. The topological polar surface area (TPSA) is 71.0 Å². The predicted molar refractivity (Wildman–Crippen MR) is 122 cm³/mol. The van der Waals surface area contributed by atoms with Gasteiger partial charge < -0.3 is 15.0 Å². The fourth-order valence-corrected chi connectivity index (χ4v) is 4.60. The van der Waals surface area contributed by atoms with Crippen molar-refractivity contribution in [3.8, 4) is 5.75 Å². The molecule has 1 aliphatic carbocycles. The Balaban J connectivity index is 1.56. The Morgan fingerprint density at radius 3 is 2.52 bits per heavy atom. The van der Waals surface area contributed by atoms with E-state index in [1.54, 1.807) is 23.1 Å². The van der Waals surface area contributed by atoms with Crippen molar-refractivity contribution in [2.75, 3.05) is 19.0 Å². The van der Waals surface area contributed by atoms with E-state index in [4.69, 9.17) is 21.3 Å². The lowest BCUT2D eigenvalue weighted by Gasteiger charge is -2.38. The van der Waals surface area contributed by atoms with Gasteiger partial charge in [0.2, 0.25) is 5.91 Å². The summed E-state index contributed by atoms with van der Waals surface area (Å²) in [5.74, 6) is 0.0697. The quantitative estimate of drug-likeness (QED) is 0.740. The number of ether oxygens (including phenoxy) is 1. The molecule has 1 spiro atoms. The minimum Gasteiger partial charge on any atom is -0.495 e. The van der Waals surface area contributed by atoms with E-state index in [2.05, 4.69) is 5.32 Å². The maximum absolute atomic E-state index is 13.4. The van der Waals surface area contributed by atoms with Crippen LogP contribution in [0.25, 0.3) is 0 Å². The van der Waals surface area contributed by atoms with Crippen molar-refractivity contribution in [3.63, 3.8) is 0 Å². The number of aliphatic imine (C=N–C) groups is 1. The maximum Gasteiger partial charge on any atom is 0.275 e. The summed E-state index contributed by atoms with van der Waals surface area (Å²) in [6, 6.07) is 12.8. The van der Waals surface area contributed by atoms with Gasteiger partial charge in [-0.3, -0.25) is 14.6 Å². The molecular weight excluding hydrogens is 414 g/mol. The summed E-state index contributed by atoms with van der Waals surface area (Å²) < 4.78 is 5.15. The third-order valence-electron chi connectivity index (χ3n) is 5.99. The lowest BCUT2D eigenvalue weighted by Crippen LogP contribution is -2.51. The summed E-state index contributed by atoms with van der Waals surface area (Å²) in [5.41, 5.74) is 2.29. The van der Waals surface area contributed by atoms with Gasteiger partial charge in [-0.25, -0.2) is 0 Å². The molecule has 31 heavy (non-hydrogen) atoms. The number of hydrogen-bond acceptors (Lipinski definition) is 4. The molecule has 6 nitrogen and oxygen atoms in total. The van der Waals surface area contributed by atoms with Gasteiger partial charge in [0.1, 0.15) is 23.7 Å². The molecule has 0 saturated heterocycles. The van der Waals surface area contributed by atoms with Crippen LogP contribution >= 0.6 is 11.6 Å². The number of hydrogen-bond donors (Lipinski definition) is 1. The van der Waals surface area contributed by atoms with Crippen molar-refractivity contribution < 1.29 is 14.3 Å². The third kappa shape index (κ3) is 4.30. The number of carbonyl (C=O) groups excluding carboxylic acids is 2. The van der Waals surface area contributed by atoms with Crippen LogP contribution in [0.4, 0.5) is 5.69 Å². The van der Waals surface area contributed by atoms with Crippen molar-refractivity contribution in [2.45, 2.75) is 44.7 Å². The summed E-state index contributed by atoms with van der Waals surface area (Å²) in [5, 5.41) is 3.25. The molecule has 0 radical (unpaired) electrons. The highest BCUT2D eigenvalue weighted by Crippen LogP contribution is 2.39. The van der Waals surface area contributed by atoms with Gasteiger partial charge in [0.25, 0.3) is 5.91 Å². The fraction of sp³-hybridized carbons (Fsp3) is 0.375.